The van der Waals surface area contributed by atoms with E-state index in [-0.39, 0.29) is 13.4 Å². The summed E-state index contributed by atoms with van der Waals surface area (Å²) < 4.78 is 16.1. The van der Waals surface area contributed by atoms with Gasteiger partial charge in [0.15, 0.2) is 11.5 Å². The number of aromatic nitrogens is 1. The summed E-state index contributed by atoms with van der Waals surface area (Å²) >= 11 is 0. The van der Waals surface area contributed by atoms with Gasteiger partial charge in [-0.15, -0.1) is 0 Å². The number of fused-ring (bicyclic) bond motifs is 1. The average molecular weight is 245 g/mol. The fourth-order valence-electron chi connectivity index (χ4n) is 1.67. The summed E-state index contributed by atoms with van der Waals surface area (Å²) in [5, 5.41) is 9.04. The molecule has 0 radical (unpaired) electrons. The van der Waals surface area contributed by atoms with E-state index < -0.39 is 0 Å². The predicted molar refractivity (Wildman–Crippen MR) is 62.8 cm³/mol. The van der Waals surface area contributed by atoms with Gasteiger partial charge in [-0.3, -0.25) is 0 Å². The lowest BCUT2D eigenvalue weighted by Crippen LogP contribution is -1.93. The topological polar surface area (TPSA) is 60.8 Å². The minimum atomic E-state index is -0.0416. The molecular weight excluding hydrogens is 234 g/mol. The van der Waals surface area contributed by atoms with Crippen LogP contribution in [0.4, 0.5) is 0 Å². The van der Waals surface area contributed by atoms with Crippen LogP contribution in [0.3, 0.4) is 0 Å². The van der Waals surface area contributed by atoms with Crippen LogP contribution in [0.25, 0.3) is 0 Å². The molecule has 0 fully saturated rings. The SMILES string of the molecule is OCc1ccnc(Oc2ccc3c(c2)OCO3)c1. The molecule has 1 aliphatic heterocycles. The van der Waals surface area contributed by atoms with Crippen molar-refractivity contribution < 1.29 is 19.3 Å². The maximum Gasteiger partial charge on any atom is 0.231 e. The molecule has 0 unspecified atom stereocenters. The van der Waals surface area contributed by atoms with E-state index in [1.807, 2.05) is 0 Å². The highest BCUT2D eigenvalue weighted by atomic mass is 16.7. The molecule has 0 bridgehead atoms. The Hall–Kier alpha value is -2.27. The van der Waals surface area contributed by atoms with E-state index >= 15 is 0 Å². The van der Waals surface area contributed by atoms with Crippen LogP contribution in [-0.4, -0.2) is 16.9 Å². The molecule has 18 heavy (non-hydrogen) atoms. The highest BCUT2D eigenvalue weighted by Gasteiger charge is 2.14. The molecule has 1 aromatic carbocycles. The molecule has 3 rings (SSSR count). The van der Waals surface area contributed by atoms with Crippen molar-refractivity contribution in [3.63, 3.8) is 0 Å². The maximum atomic E-state index is 9.04. The van der Waals surface area contributed by atoms with E-state index in [1.165, 1.54) is 0 Å². The van der Waals surface area contributed by atoms with Crippen molar-refractivity contribution in [2.24, 2.45) is 0 Å². The van der Waals surface area contributed by atoms with Crippen molar-refractivity contribution in [1.82, 2.24) is 4.98 Å². The number of hydrogen-bond donors (Lipinski definition) is 1. The normalized spacial score (nSPS) is 12.5. The van der Waals surface area contributed by atoms with E-state index in [0.29, 0.717) is 23.1 Å². The lowest BCUT2D eigenvalue weighted by atomic mass is 10.3. The number of nitrogens with zero attached hydrogens (tertiary/aromatic N) is 1. The zero-order valence-corrected chi connectivity index (χ0v) is 9.50. The van der Waals surface area contributed by atoms with Crippen LogP contribution in [0.1, 0.15) is 5.56 Å². The summed E-state index contributed by atoms with van der Waals surface area (Å²) in [6, 6.07) is 8.72. The number of benzene rings is 1. The first-order valence-electron chi connectivity index (χ1n) is 5.48. The van der Waals surface area contributed by atoms with Gasteiger partial charge >= 0.3 is 0 Å². The van der Waals surface area contributed by atoms with Crippen LogP contribution >= 0.6 is 0 Å². The van der Waals surface area contributed by atoms with Crippen molar-refractivity contribution in [2.75, 3.05) is 6.79 Å². The minimum Gasteiger partial charge on any atom is -0.454 e. The van der Waals surface area contributed by atoms with E-state index in [0.717, 1.165) is 5.56 Å². The number of aliphatic hydroxyl groups is 1. The van der Waals surface area contributed by atoms with E-state index in [4.69, 9.17) is 19.3 Å². The summed E-state index contributed by atoms with van der Waals surface area (Å²) in [6.07, 6.45) is 1.59. The molecule has 0 saturated carbocycles. The van der Waals surface area contributed by atoms with Gasteiger partial charge in [-0.25, -0.2) is 4.98 Å². The Kier molecular flexibility index (Phi) is 2.74. The standard InChI is InChI=1S/C13H11NO4/c15-7-9-3-4-14-13(5-9)18-10-1-2-11-12(6-10)17-8-16-11/h1-6,15H,7-8H2. The molecule has 2 aromatic rings. The van der Waals surface area contributed by atoms with Crippen molar-refractivity contribution in [3.8, 4) is 23.1 Å². The molecule has 0 atom stereocenters. The highest BCUT2D eigenvalue weighted by Crippen LogP contribution is 2.36. The fourth-order valence-corrected chi connectivity index (χ4v) is 1.67. The van der Waals surface area contributed by atoms with Gasteiger partial charge < -0.3 is 19.3 Å². The molecule has 2 heterocycles. The smallest absolute Gasteiger partial charge is 0.231 e. The lowest BCUT2D eigenvalue weighted by Gasteiger charge is -2.06. The largest absolute Gasteiger partial charge is 0.454 e. The van der Waals surface area contributed by atoms with Gasteiger partial charge in [-0.2, -0.15) is 0 Å². The quantitative estimate of drug-likeness (QED) is 0.897. The molecule has 0 aliphatic carbocycles. The Labute approximate surface area is 104 Å². The predicted octanol–water partition coefficient (Wildman–Crippen LogP) is 2.09. The van der Waals surface area contributed by atoms with Crippen molar-refractivity contribution >= 4 is 0 Å². The number of aliphatic hydroxyl groups excluding tert-OH is 1. The Morgan fingerprint density at radius 1 is 1.17 bits per heavy atom. The van der Waals surface area contributed by atoms with Crippen LogP contribution < -0.4 is 14.2 Å². The molecule has 5 heteroatoms. The minimum absolute atomic E-state index is 0.0416. The summed E-state index contributed by atoms with van der Waals surface area (Å²) in [5.74, 6) is 2.41. The van der Waals surface area contributed by atoms with Crippen LogP contribution in [0.5, 0.6) is 23.1 Å². The molecule has 0 saturated heterocycles. The molecular formula is C13H11NO4. The second-order valence-electron chi connectivity index (χ2n) is 3.78. The second kappa shape index (κ2) is 4.54. The Bertz CT molecular complexity index is 571. The third kappa shape index (κ3) is 2.08. The van der Waals surface area contributed by atoms with Crippen LogP contribution in [0, 0.1) is 0 Å². The molecule has 1 aliphatic rings. The van der Waals surface area contributed by atoms with Gasteiger partial charge in [0, 0.05) is 18.3 Å². The maximum absolute atomic E-state index is 9.04. The number of hydrogen-bond acceptors (Lipinski definition) is 5. The summed E-state index contributed by atoms with van der Waals surface area (Å²) in [5.41, 5.74) is 0.751. The summed E-state index contributed by atoms with van der Waals surface area (Å²) in [4.78, 5) is 4.07. The summed E-state index contributed by atoms with van der Waals surface area (Å²) in [7, 11) is 0. The van der Waals surface area contributed by atoms with Crippen molar-refractivity contribution in [3.05, 3.63) is 42.1 Å². The Balaban J connectivity index is 1.83. The Morgan fingerprint density at radius 2 is 2.06 bits per heavy atom. The first-order valence-corrected chi connectivity index (χ1v) is 5.48. The van der Waals surface area contributed by atoms with Crippen molar-refractivity contribution in [2.45, 2.75) is 6.61 Å². The number of pyridine rings is 1. The third-order valence-corrected chi connectivity index (χ3v) is 2.55. The van der Waals surface area contributed by atoms with Gasteiger partial charge in [-0.1, -0.05) is 0 Å². The number of rotatable bonds is 3. The van der Waals surface area contributed by atoms with Gasteiger partial charge in [-0.05, 0) is 23.8 Å². The first kappa shape index (κ1) is 10.9. The van der Waals surface area contributed by atoms with Crippen LogP contribution in [0.2, 0.25) is 0 Å². The van der Waals surface area contributed by atoms with Gasteiger partial charge in [0.05, 0.1) is 6.61 Å². The van der Waals surface area contributed by atoms with Gasteiger partial charge in [0.2, 0.25) is 12.7 Å². The van der Waals surface area contributed by atoms with E-state index in [2.05, 4.69) is 4.98 Å². The van der Waals surface area contributed by atoms with Crippen molar-refractivity contribution in [1.29, 1.82) is 0 Å². The summed E-state index contributed by atoms with van der Waals surface area (Å²) in [6.45, 7) is 0.192. The van der Waals surface area contributed by atoms with E-state index in [9.17, 15) is 0 Å². The molecule has 5 nitrogen and oxygen atoms in total. The van der Waals surface area contributed by atoms with Crippen LogP contribution in [0.15, 0.2) is 36.5 Å². The molecule has 92 valence electrons. The average Bonchev–Trinajstić information content (AvgIpc) is 2.86. The lowest BCUT2D eigenvalue weighted by molar-refractivity contribution is 0.174. The number of ether oxygens (including phenoxy) is 3. The zero-order valence-electron chi connectivity index (χ0n) is 9.50. The molecule has 1 aromatic heterocycles. The zero-order chi connectivity index (χ0) is 12.4. The first-order chi connectivity index (χ1) is 8.85. The fraction of sp³-hybridized carbons (Fsp3) is 0.154. The van der Waals surface area contributed by atoms with Crippen LogP contribution in [-0.2, 0) is 6.61 Å². The molecule has 0 amide bonds. The highest BCUT2D eigenvalue weighted by molar-refractivity contribution is 5.47. The monoisotopic (exact) mass is 245 g/mol. The third-order valence-electron chi connectivity index (χ3n) is 2.55. The Morgan fingerprint density at radius 3 is 2.94 bits per heavy atom. The van der Waals surface area contributed by atoms with Gasteiger partial charge in [0.25, 0.3) is 0 Å². The van der Waals surface area contributed by atoms with Gasteiger partial charge in [0.1, 0.15) is 5.75 Å². The van der Waals surface area contributed by atoms with E-state index in [1.54, 1.807) is 36.5 Å². The second-order valence-corrected chi connectivity index (χ2v) is 3.78. The molecule has 0 spiro atoms. The molecule has 1 N–H and O–H groups in total.